The van der Waals surface area contributed by atoms with Crippen molar-refractivity contribution in [1.29, 1.82) is 0 Å². The smallest absolute Gasteiger partial charge is 0.311 e. The third-order valence-corrected chi connectivity index (χ3v) is 3.60. The van der Waals surface area contributed by atoms with Crippen LogP contribution in [0.2, 0.25) is 0 Å². The number of aliphatic hydroxyl groups excluding tert-OH is 1. The van der Waals surface area contributed by atoms with Crippen LogP contribution < -0.4 is 5.32 Å². The molecule has 0 spiro atoms. The van der Waals surface area contributed by atoms with E-state index in [2.05, 4.69) is 26.2 Å². The van der Waals surface area contributed by atoms with Crippen LogP contribution in [-0.4, -0.2) is 21.6 Å². The van der Waals surface area contributed by atoms with Crippen LogP contribution in [-0.2, 0) is 13.0 Å². The summed E-state index contributed by atoms with van der Waals surface area (Å²) in [5, 5.41) is 23.0. The van der Waals surface area contributed by atoms with E-state index in [4.69, 9.17) is 5.11 Å². The number of nitro groups is 1. The van der Waals surface area contributed by atoms with E-state index < -0.39 is 4.92 Å². The lowest BCUT2D eigenvalue weighted by Gasteiger charge is -2.09. The van der Waals surface area contributed by atoms with Crippen molar-refractivity contribution in [3.8, 4) is 0 Å². The van der Waals surface area contributed by atoms with Gasteiger partial charge in [0.05, 0.1) is 16.0 Å². The molecule has 0 saturated heterocycles. The molecule has 7 heteroatoms. The Hall–Kier alpha value is -1.99. The zero-order valence-electron chi connectivity index (χ0n) is 11.1. The summed E-state index contributed by atoms with van der Waals surface area (Å²) in [6.45, 7) is 0.580. The van der Waals surface area contributed by atoms with Crippen molar-refractivity contribution in [2.75, 3.05) is 11.9 Å². The highest BCUT2D eigenvalue weighted by atomic mass is 79.9. The Morgan fingerprint density at radius 2 is 1.90 bits per heavy atom. The zero-order valence-corrected chi connectivity index (χ0v) is 12.7. The van der Waals surface area contributed by atoms with Crippen LogP contribution in [0.3, 0.4) is 0 Å². The van der Waals surface area contributed by atoms with Gasteiger partial charge in [-0.2, -0.15) is 0 Å². The fraction of sp³-hybridized carbons (Fsp3) is 0.214. The van der Waals surface area contributed by atoms with E-state index in [0.29, 0.717) is 16.7 Å². The van der Waals surface area contributed by atoms with E-state index in [1.54, 1.807) is 0 Å². The van der Waals surface area contributed by atoms with Crippen molar-refractivity contribution in [3.05, 3.63) is 62.4 Å². The summed E-state index contributed by atoms with van der Waals surface area (Å²) in [7, 11) is 0. The number of aromatic nitrogens is 1. The lowest BCUT2D eigenvalue weighted by Crippen LogP contribution is -2.08. The van der Waals surface area contributed by atoms with Crippen molar-refractivity contribution < 1.29 is 10.0 Å². The fourth-order valence-electron chi connectivity index (χ4n) is 1.88. The van der Waals surface area contributed by atoms with Gasteiger partial charge in [0.15, 0.2) is 0 Å². The predicted molar refractivity (Wildman–Crippen MR) is 83.1 cm³/mol. The van der Waals surface area contributed by atoms with Crippen molar-refractivity contribution in [3.63, 3.8) is 0 Å². The monoisotopic (exact) mass is 351 g/mol. The largest absolute Gasteiger partial charge is 0.392 e. The number of hydrogen-bond donors (Lipinski definition) is 2. The molecule has 6 nitrogen and oxygen atoms in total. The Morgan fingerprint density at radius 3 is 2.52 bits per heavy atom. The van der Waals surface area contributed by atoms with Crippen LogP contribution >= 0.6 is 15.9 Å². The molecule has 0 aliphatic rings. The van der Waals surface area contributed by atoms with Crippen LogP contribution in [0.4, 0.5) is 11.4 Å². The van der Waals surface area contributed by atoms with Gasteiger partial charge in [-0.15, -0.1) is 0 Å². The molecular weight excluding hydrogens is 338 g/mol. The highest BCUT2D eigenvalue weighted by molar-refractivity contribution is 9.10. The second kappa shape index (κ2) is 7.14. The highest BCUT2D eigenvalue weighted by Crippen LogP contribution is 2.30. The van der Waals surface area contributed by atoms with Crippen LogP contribution in [0.1, 0.15) is 11.1 Å². The molecule has 0 aliphatic heterocycles. The Labute approximate surface area is 130 Å². The van der Waals surface area contributed by atoms with E-state index in [1.807, 2.05) is 24.3 Å². The quantitative estimate of drug-likeness (QED) is 0.617. The zero-order chi connectivity index (χ0) is 15.2. The third kappa shape index (κ3) is 3.99. The van der Waals surface area contributed by atoms with Gasteiger partial charge in [-0.3, -0.25) is 15.1 Å². The summed E-state index contributed by atoms with van der Waals surface area (Å²) in [5.41, 5.74) is 2.33. The Morgan fingerprint density at radius 1 is 1.24 bits per heavy atom. The Bertz CT molecular complexity index is 632. The molecule has 2 N–H and O–H groups in total. The average molecular weight is 352 g/mol. The minimum absolute atomic E-state index is 0.0225. The van der Waals surface area contributed by atoms with Crippen molar-refractivity contribution >= 4 is 27.3 Å². The molecule has 21 heavy (non-hydrogen) atoms. The van der Waals surface area contributed by atoms with Crippen LogP contribution in [0, 0.1) is 10.1 Å². The standard InChI is InChI=1S/C14H14BrN3O3/c15-12-7-16-8-13(18(20)21)14(12)17-6-5-10-1-3-11(9-19)4-2-10/h1-4,7-8,19H,5-6,9H2,(H,16,17). The summed E-state index contributed by atoms with van der Waals surface area (Å²) in [6, 6.07) is 7.59. The van der Waals surface area contributed by atoms with E-state index >= 15 is 0 Å². The molecule has 0 fully saturated rings. The second-order valence-corrected chi connectivity index (χ2v) is 5.28. The van der Waals surface area contributed by atoms with E-state index in [0.717, 1.165) is 17.5 Å². The molecular formula is C14H14BrN3O3. The Balaban J connectivity index is 2.01. The van der Waals surface area contributed by atoms with E-state index in [-0.39, 0.29) is 12.3 Å². The number of rotatable bonds is 6. The summed E-state index contributed by atoms with van der Waals surface area (Å²) >= 11 is 3.26. The molecule has 0 aliphatic carbocycles. The molecule has 0 saturated carbocycles. The predicted octanol–water partition coefficient (Wildman–Crippen LogP) is 2.90. The molecule has 110 valence electrons. The fourth-order valence-corrected chi connectivity index (χ4v) is 2.34. The summed E-state index contributed by atoms with van der Waals surface area (Å²) < 4.78 is 0.562. The molecule has 2 rings (SSSR count). The number of pyridine rings is 1. The maximum Gasteiger partial charge on any atom is 0.311 e. The van der Waals surface area contributed by atoms with Gasteiger partial charge < -0.3 is 10.4 Å². The van der Waals surface area contributed by atoms with Gasteiger partial charge in [-0.1, -0.05) is 24.3 Å². The second-order valence-electron chi connectivity index (χ2n) is 4.42. The number of anilines is 1. The van der Waals surface area contributed by atoms with Gasteiger partial charge in [0, 0.05) is 12.7 Å². The third-order valence-electron chi connectivity index (χ3n) is 3.00. The van der Waals surface area contributed by atoms with Crippen LogP contribution in [0.25, 0.3) is 0 Å². The van der Waals surface area contributed by atoms with Gasteiger partial charge in [-0.05, 0) is 33.5 Å². The first kappa shape index (κ1) is 15.4. The maximum absolute atomic E-state index is 11.0. The molecule has 0 bridgehead atoms. The topological polar surface area (TPSA) is 88.3 Å². The maximum atomic E-state index is 11.0. The molecule has 0 atom stereocenters. The lowest BCUT2D eigenvalue weighted by atomic mass is 10.1. The lowest BCUT2D eigenvalue weighted by molar-refractivity contribution is -0.384. The minimum atomic E-state index is -0.462. The van der Waals surface area contributed by atoms with Gasteiger partial charge in [0.1, 0.15) is 11.9 Å². The number of aliphatic hydroxyl groups is 1. The highest BCUT2D eigenvalue weighted by Gasteiger charge is 2.16. The minimum Gasteiger partial charge on any atom is -0.392 e. The number of hydrogen-bond acceptors (Lipinski definition) is 5. The van der Waals surface area contributed by atoms with Crippen LogP contribution in [0.5, 0.6) is 0 Å². The Kier molecular flexibility index (Phi) is 5.24. The van der Waals surface area contributed by atoms with Crippen LogP contribution in [0.15, 0.2) is 41.1 Å². The molecule has 1 aromatic carbocycles. The number of halogens is 1. The summed E-state index contributed by atoms with van der Waals surface area (Å²) in [4.78, 5) is 14.3. The molecule has 1 aromatic heterocycles. The number of nitrogens with zero attached hydrogens (tertiary/aromatic N) is 2. The van der Waals surface area contributed by atoms with Gasteiger partial charge >= 0.3 is 5.69 Å². The number of nitrogens with one attached hydrogen (secondary N) is 1. The van der Waals surface area contributed by atoms with Gasteiger partial charge in [0.25, 0.3) is 0 Å². The molecule has 0 unspecified atom stereocenters. The van der Waals surface area contributed by atoms with Crippen molar-refractivity contribution in [2.45, 2.75) is 13.0 Å². The van der Waals surface area contributed by atoms with E-state index in [1.165, 1.54) is 12.4 Å². The summed E-state index contributed by atoms with van der Waals surface area (Å²) in [6.07, 6.45) is 3.46. The van der Waals surface area contributed by atoms with Gasteiger partial charge in [-0.25, -0.2) is 0 Å². The first-order valence-electron chi connectivity index (χ1n) is 6.32. The number of benzene rings is 1. The molecule has 2 aromatic rings. The van der Waals surface area contributed by atoms with Crippen molar-refractivity contribution in [1.82, 2.24) is 4.98 Å². The average Bonchev–Trinajstić information content (AvgIpc) is 2.49. The van der Waals surface area contributed by atoms with Crippen molar-refractivity contribution in [2.24, 2.45) is 0 Å². The van der Waals surface area contributed by atoms with E-state index in [9.17, 15) is 10.1 Å². The molecule has 0 amide bonds. The molecule has 1 heterocycles. The van der Waals surface area contributed by atoms with Gasteiger partial charge in [0.2, 0.25) is 0 Å². The molecule has 0 radical (unpaired) electrons. The normalized spacial score (nSPS) is 10.4. The SMILES string of the molecule is O=[N+]([O-])c1cncc(Br)c1NCCc1ccc(CO)cc1. The first-order chi connectivity index (χ1) is 10.1. The summed E-state index contributed by atoms with van der Waals surface area (Å²) in [5.74, 6) is 0. The first-order valence-corrected chi connectivity index (χ1v) is 7.11.